The molecule has 0 atom stereocenters. The maximum atomic E-state index is 12.3. The molecule has 0 spiro atoms. The second-order valence-corrected chi connectivity index (χ2v) is 6.15. The van der Waals surface area contributed by atoms with Crippen molar-refractivity contribution < 1.29 is 14.3 Å². The molecular weight excluding hydrogens is 366 g/mol. The molecule has 3 aromatic carbocycles. The van der Waals surface area contributed by atoms with E-state index in [-0.39, 0.29) is 18.4 Å². The average molecular weight is 385 g/mol. The van der Waals surface area contributed by atoms with Gasteiger partial charge in [0.2, 0.25) is 5.91 Å². The van der Waals surface area contributed by atoms with Gasteiger partial charge >= 0.3 is 0 Å². The van der Waals surface area contributed by atoms with Crippen molar-refractivity contribution in [2.75, 3.05) is 11.9 Å². The van der Waals surface area contributed by atoms with E-state index in [1.165, 1.54) is 13.1 Å². The quantitative estimate of drug-likeness (QED) is 0.387. The summed E-state index contributed by atoms with van der Waals surface area (Å²) in [7, 11) is 0. The lowest BCUT2D eigenvalue weighted by Crippen LogP contribution is -2.17. The summed E-state index contributed by atoms with van der Waals surface area (Å²) in [6.45, 7) is 1.55. The summed E-state index contributed by atoms with van der Waals surface area (Å²) in [6.07, 6.45) is 6.83. The lowest BCUT2D eigenvalue weighted by atomic mass is 10.0. The summed E-state index contributed by atoms with van der Waals surface area (Å²) >= 11 is 0. The molecule has 0 aliphatic carbocycles. The normalized spacial score (nSPS) is 10.5. The molecule has 0 bridgehead atoms. The molecule has 0 aliphatic rings. The molecule has 0 fully saturated rings. The van der Waals surface area contributed by atoms with E-state index < -0.39 is 0 Å². The molecule has 6 heteroatoms. The number of ether oxygens (including phenoxy) is 1. The number of benzene rings is 3. The molecule has 0 aromatic heterocycles. The first-order chi connectivity index (χ1) is 14.1. The highest BCUT2D eigenvalue weighted by Crippen LogP contribution is 2.26. The van der Waals surface area contributed by atoms with Crippen LogP contribution in [0.15, 0.2) is 65.8 Å². The van der Waals surface area contributed by atoms with Gasteiger partial charge in [-0.05, 0) is 41.1 Å². The summed E-state index contributed by atoms with van der Waals surface area (Å²) in [5.41, 5.74) is 4.25. The predicted octanol–water partition coefficient (Wildman–Crippen LogP) is 3.57. The van der Waals surface area contributed by atoms with Gasteiger partial charge in [-0.2, -0.15) is 5.10 Å². The fourth-order valence-electron chi connectivity index (χ4n) is 2.78. The Balaban J connectivity index is 1.78. The van der Waals surface area contributed by atoms with Gasteiger partial charge in [0, 0.05) is 23.7 Å². The van der Waals surface area contributed by atoms with E-state index >= 15 is 0 Å². The number of fused-ring (bicyclic) bond motifs is 1. The topological polar surface area (TPSA) is 79.8 Å². The van der Waals surface area contributed by atoms with Crippen molar-refractivity contribution in [1.29, 1.82) is 0 Å². The Labute approximate surface area is 168 Å². The zero-order valence-corrected chi connectivity index (χ0v) is 15.8. The van der Waals surface area contributed by atoms with Gasteiger partial charge in [0.1, 0.15) is 12.4 Å². The van der Waals surface area contributed by atoms with Crippen LogP contribution in [0.2, 0.25) is 0 Å². The third-order valence-electron chi connectivity index (χ3n) is 4.07. The minimum atomic E-state index is -0.373. The molecule has 0 saturated heterocycles. The average Bonchev–Trinajstić information content (AvgIpc) is 2.73. The van der Waals surface area contributed by atoms with Gasteiger partial charge in [-0.15, -0.1) is 6.42 Å². The first kappa shape index (κ1) is 19.6. The third kappa shape index (κ3) is 4.99. The molecule has 2 N–H and O–H groups in total. The predicted molar refractivity (Wildman–Crippen MR) is 114 cm³/mol. The maximum absolute atomic E-state index is 12.3. The lowest BCUT2D eigenvalue weighted by Gasteiger charge is -2.10. The highest BCUT2D eigenvalue weighted by molar-refractivity contribution is 6.03. The van der Waals surface area contributed by atoms with E-state index in [0.29, 0.717) is 17.0 Å². The second kappa shape index (κ2) is 9.20. The molecule has 0 heterocycles. The minimum absolute atomic E-state index is 0.131. The third-order valence-corrected chi connectivity index (χ3v) is 4.07. The van der Waals surface area contributed by atoms with Crippen molar-refractivity contribution in [1.82, 2.24) is 5.43 Å². The van der Waals surface area contributed by atoms with Crippen LogP contribution in [-0.2, 0) is 4.79 Å². The van der Waals surface area contributed by atoms with Gasteiger partial charge < -0.3 is 10.1 Å². The van der Waals surface area contributed by atoms with Crippen LogP contribution < -0.4 is 15.5 Å². The van der Waals surface area contributed by atoms with Crippen molar-refractivity contribution in [2.24, 2.45) is 5.10 Å². The number of carbonyl (C=O) groups excluding carboxylic acids is 2. The Morgan fingerprint density at radius 3 is 2.59 bits per heavy atom. The first-order valence-corrected chi connectivity index (χ1v) is 8.87. The van der Waals surface area contributed by atoms with Crippen LogP contribution in [0.5, 0.6) is 5.75 Å². The highest BCUT2D eigenvalue weighted by atomic mass is 16.5. The fourth-order valence-corrected chi connectivity index (χ4v) is 2.78. The minimum Gasteiger partial charge on any atom is -0.480 e. The number of hydrazone groups is 1. The molecule has 3 rings (SSSR count). The Hall–Kier alpha value is -4.11. The number of terminal acetylenes is 1. The number of carbonyl (C=O) groups is 2. The SMILES string of the molecule is C#CCOc1ccc2ccccc2c1/C=N\NC(=O)c1ccc(NC(C)=O)cc1. The highest BCUT2D eigenvalue weighted by Gasteiger charge is 2.08. The molecule has 0 radical (unpaired) electrons. The Bertz CT molecular complexity index is 1110. The number of anilines is 1. The molecule has 29 heavy (non-hydrogen) atoms. The Kier molecular flexibility index (Phi) is 6.23. The smallest absolute Gasteiger partial charge is 0.271 e. The number of hydrogen-bond donors (Lipinski definition) is 2. The van der Waals surface area contributed by atoms with Crippen LogP contribution in [-0.4, -0.2) is 24.6 Å². The summed E-state index contributed by atoms with van der Waals surface area (Å²) in [5.74, 6) is 2.47. The maximum Gasteiger partial charge on any atom is 0.271 e. The van der Waals surface area contributed by atoms with Gasteiger partial charge in [-0.25, -0.2) is 5.43 Å². The summed E-state index contributed by atoms with van der Waals surface area (Å²) < 4.78 is 5.61. The van der Waals surface area contributed by atoms with Gasteiger partial charge in [0.05, 0.1) is 6.21 Å². The van der Waals surface area contributed by atoms with Gasteiger partial charge in [-0.1, -0.05) is 36.3 Å². The number of rotatable bonds is 6. The van der Waals surface area contributed by atoms with Crippen LogP contribution in [0.25, 0.3) is 10.8 Å². The zero-order chi connectivity index (χ0) is 20.6. The van der Waals surface area contributed by atoms with E-state index in [1.54, 1.807) is 24.3 Å². The van der Waals surface area contributed by atoms with Crippen molar-refractivity contribution >= 4 is 34.5 Å². The molecule has 0 unspecified atom stereocenters. The van der Waals surface area contributed by atoms with E-state index in [1.807, 2.05) is 36.4 Å². The number of nitrogens with zero attached hydrogens (tertiary/aromatic N) is 1. The van der Waals surface area contributed by atoms with E-state index in [9.17, 15) is 9.59 Å². The monoisotopic (exact) mass is 385 g/mol. The Morgan fingerprint density at radius 2 is 1.86 bits per heavy atom. The van der Waals surface area contributed by atoms with Crippen molar-refractivity contribution in [3.05, 3.63) is 71.8 Å². The van der Waals surface area contributed by atoms with Crippen LogP contribution in [0.3, 0.4) is 0 Å². The van der Waals surface area contributed by atoms with E-state index in [4.69, 9.17) is 11.2 Å². The van der Waals surface area contributed by atoms with Gasteiger partial charge in [0.15, 0.2) is 0 Å². The standard InChI is InChI=1S/C23H19N3O3/c1-3-14-29-22-13-10-17-6-4-5-7-20(17)21(22)15-24-26-23(28)18-8-11-19(12-9-18)25-16(2)27/h1,4-13,15H,14H2,2H3,(H,25,27)(H,26,28)/b24-15-. The zero-order valence-electron chi connectivity index (χ0n) is 15.8. The number of hydrogen-bond acceptors (Lipinski definition) is 4. The van der Waals surface area contributed by atoms with Crippen molar-refractivity contribution in [3.63, 3.8) is 0 Å². The molecular formula is C23H19N3O3. The van der Waals surface area contributed by atoms with Gasteiger partial charge in [0.25, 0.3) is 5.91 Å². The second-order valence-electron chi connectivity index (χ2n) is 6.15. The van der Waals surface area contributed by atoms with Crippen LogP contribution in [0.1, 0.15) is 22.8 Å². The Morgan fingerprint density at radius 1 is 1.10 bits per heavy atom. The molecule has 144 valence electrons. The van der Waals surface area contributed by atoms with Crippen molar-refractivity contribution in [2.45, 2.75) is 6.92 Å². The summed E-state index contributed by atoms with van der Waals surface area (Å²) in [5, 5.41) is 8.67. The van der Waals surface area contributed by atoms with E-state index in [0.717, 1.165) is 16.3 Å². The molecule has 3 aromatic rings. The van der Waals surface area contributed by atoms with Crippen LogP contribution in [0, 0.1) is 12.3 Å². The van der Waals surface area contributed by atoms with Crippen LogP contribution >= 0.6 is 0 Å². The van der Waals surface area contributed by atoms with Gasteiger partial charge in [-0.3, -0.25) is 9.59 Å². The number of nitrogens with one attached hydrogen (secondary N) is 2. The van der Waals surface area contributed by atoms with Crippen molar-refractivity contribution in [3.8, 4) is 18.1 Å². The molecule has 0 aliphatic heterocycles. The fraction of sp³-hybridized carbons (Fsp3) is 0.0870. The first-order valence-electron chi connectivity index (χ1n) is 8.87. The lowest BCUT2D eigenvalue weighted by molar-refractivity contribution is -0.114. The molecule has 0 saturated carbocycles. The molecule has 2 amide bonds. The number of amides is 2. The summed E-state index contributed by atoms with van der Waals surface area (Å²) in [4.78, 5) is 23.4. The molecule has 6 nitrogen and oxygen atoms in total. The van der Waals surface area contributed by atoms with Crippen LogP contribution in [0.4, 0.5) is 5.69 Å². The largest absolute Gasteiger partial charge is 0.480 e. The van der Waals surface area contributed by atoms with E-state index in [2.05, 4.69) is 21.8 Å². The summed E-state index contributed by atoms with van der Waals surface area (Å²) in [6, 6.07) is 18.1.